The lowest BCUT2D eigenvalue weighted by Gasteiger charge is -2.36. The Bertz CT molecular complexity index is 1450. The van der Waals surface area contributed by atoms with E-state index in [1.165, 1.54) is 0 Å². The van der Waals surface area contributed by atoms with Crippen molar-refractivity contribution in [2.75, 3.05) is 0 Å². The number of carbonyl (C=O) groups excluding carboxylic acids is 3. The topological polar surface area (TPSA) is 102 Å². The molecule has 0 bridgehead atoms. The second kappa shape index (κ2) is 11.3. The Hall–Kier alpha value is -4.16. The maximum atomic E-state index is 13.5. The number of amides is 1. The quantitative estimate of drug-likeness (QED) is 0.290. The van der Waals surface area contributed by atoms with Gasteiger partial charge in [0.25, 0.3) is 0 Å². The van der Waals surface area contributed by atoms with E-state index in [4.69, 9.17) is 10.7 Å². The highest BCUT2D eigenvalue weighted by Gasteiger charge is 2.42. The number of aliphatic imine (C=N–C) groups is 1. The van der Waals surface area contributed by atoms with Crippen molar-refractivity contribution in [3.8, 4) is 0 Å². The number of fused-ring (bicyclic) bond motifs is 2. The van der Waals surface area contributed by atoms with Crippen LogP contribution in [0.25, 0.3) is 0 Å². The van der Waals surface area contributed by atoms with Crippen LogP contribution in [0, 0.1) is 0 Å². The highest BCUT2D eigenvalue weighted by molar-refractivity contribution is 6.28. The van der Waals surface area contributed by atoms with Gasteiger partial charge in [0.1, 0.15) is 5.54 Å². The summed E-state index contributed by atoms with van der Waals surface area (Å²) in [5, 5.41) is 3.21. The number of benzene rings is 3. The molecule has 6 nitrogen and oxygen atoms in total. The van der Waals surface area contributed by atoms with Gasteiger partial charge in [-0.05, 0) is 48.3 Å². The molecule has 0 saturated heterocycles. The third kappa shape index (κ3) is 5.12. The van der Waals surface area contributed by atoms with Crippen LogP contribution < -0.4 is 11.1 Å². The molecule has 0 fully saturated rings. The van der Waals surface area contributed by atoms with Crippen molar-refractivity contribution in [1.82, 2.24) is 5.32 Å². The molecule has 3 atom stereocenters. The average molecular weight is 520 g/mol. The van der Waals surface area contributed by atoms with E-state index in [-0.39, 0.29) is 23.5 Å². The Kier molecular flexibility index (Phi) is 7.66. The average Bonchev–Trinajstić information content (AvgIpc) is 3.47. The zero-order chi connectivity index (χ0) is 27.4. The lowest BCUT2D eigenvalue weighted by Crippen LogP contribution is -2.53. The molecule has 3 aromatic rings. The number of rotatable bonds is 10. The molecule has 3 N–H and O–H groups in total. The van der Waals surface area contributed by atoms with Crippen molar-refractivity contribution in [1.29, 1.82) is 0 Å². The Morgan fingerprint density at radius 3 is 2.23 bits per heavy atom. The highest BCUT2D eigenvalue weighted by atomic mass is 16.2. The van der Waals surface area contributed by atoms with E-state index >= 15 is 0 Å². The van der Waals surface area contributed by atoms with Crippen LogP contribution in [0.5, 0.6) is 0 Å². The first kappa shape index (κ1) is 26.4. The fourth-order valence-corrected chi connectivity index (χ4v) is 5.57. The van der Waals surface area contributed by atoms with E-state index < -0.39 is 11.6 Å². The molecule has 1 amide bonds. The van der Waals surface area contributed by atoms with Gasteiger partial charge in [-0.25, -0.2) is 0 Å². The molecule has 2 unspecified atom stereocenters. The predicted octanol–water partition coefficient (Wildman–Crippen LogP) is 4.93. The molecule has 0 aromatic heterocycles. The predicted molar refractivity (Wildman–Crippen MR) is 153 cm³/mol. The van der Waals surface area contributed by atoms with Crippen LogP contribution in [0.1, 0.15) is 75.6 Å². The second-order valence-electron chi connectivity index (χ2n) is 10.3. The first-order valence-corrected chi connectivity index (χ1v) is 13.6. The summed E-state index contributed by atoms with van der Waals surface area (Å²) in [5.41, 5.74) is 8.78. The number of ketones is 2. The highest BCUT2D eigenvalue weighted by Crippen LogP contribution is 2.39. The molecule has 39 heavy (non-hydrogen) atoms. The monoisotopic (exact) mass is 519 g/mol. The minimum absolute atomic E-state index is 0.161. The molecule has 198 valence electrons. The zero-order valence-corrected chi connectivity index (χ0v) is 22.1. The number of allylic oxidation sites excluding steroid dienone is 1. The molecule has 0 spiro atoms. The lowest BCUT2D eigenvalue weighted by atomic mass is 9.77. The molecule has 2 aliphatic rings. The van der Waals surface area contributed by atoms with Crippen molar-refractivity contribution in [3.05, 3.63) is 118 Å². The number of carbonyl (C=O) groups is 3. The fraction of sp³-hybridized carbons (Fsp3) is 0.273. The van der Waals surface area contributed by atoms with Crippen LogP contribution in [0.15, 0.2) is 89.9 Å². The maximum absolute atomic E-state index is 13.5. The van der Waals surface area contributed by atoms with Crippen LogP contribution in [-0.4, -0.2) is 35.8 Å². The van der Waals surface area contributed by atoms with Crippen molar-refractivity contribution < 1.29 is 14.4 Å². The molecule has 6 heteroatoms. The Morgan fingerprint density at radius 2 is 1.56 bits per heavy atom. The first-order chi connectivity index (χ1) is 18.9. The molecular formula is C33H33N3O3. The molecule has 1 aliphatic carbocycles. The largest absolute Gasteiger partial charge is 0.349 e. The number of nitrogens with one attached hydrogen (secondary N) is 1. The summed E-state index contributed by atoms with van der Waals surface area (Å²) in [6.45, 7) is 2.14. The van der Waals surface area contributed by atoms with E-state index in [9.17, 15) is 14.4 Å². The van der Waals surface area contributed by atoms with Crippen LogP contribution in [0.4, 0.5) is 0 Å². The normalized spacial score (nSPS) is 18.9. The van der Waals surface area contributed by atoms with Crippen molar-refractivity contribution in [3.63, 3.8) is 0 Å². The minimum atomic E-state index is -0.912. The summed E-state index contributed by atoms with van der Waals surface area (Å²) in [4.78, 5) is 44.9. The molecule has 3 aromatic carbocycles. The van der Waals surface area contributed by atoms with E-state index in [2.05, 4.69) is 12.2 Å². The lowest BCUT2D eigenvalue weighted by molar-refractivity contribution is -0.123. The molecule has 5 rings (SSSR count). The van der Waals surface area contributed by atoms with Gasteiger partial charge in [-0.15, -0.1) is 0 Å². The second-order valence-corrected chi connectivity index (χ2v) is 10.3. The Balaban J connectivity index is 1.48. The van der Waals surface area contributed by atoms with Crippen molar-refractivity contribution >= 4 is 23.7 Å². The molecule has 0 saturated carbocycles. The van der Waals surface area contributed by atoms with Gasteiger partial charge < -0.3 is 11.1 Å². The molecular weight excluding hydrogens is 486 g/mol. The van der Waals surface area contributed by atoms with Gasteiger partial charge in [-0.3, -0.25) is 19.4 Å². The van der Waals surface area contributed by atoms with Gasteiger partial charge in [0.05, 0.1) is 12.1 Å². The summed E-state index contributed by atoms with van der Waals surface area (Å²) < 4.78 is 0. The minimum Gasteiger partial charge on any atom is -0.349 e. The number of nitrogens with zero attached hydrogens (tertiary/aromatic N) is 1. The van der Waals surface area contributed by atoms with E-state index in [0.29, 0.717) is 35.1 Å². The summed E-state index contributed by atoms with van der Waals surface area (Å²) in [5.74, 6) is -0.584. The standard InChI is InChI=1S/C33H33N3O3/c1-2-3-5-15-29(36-32(39)28(34)20-22-11-6-4-7-12-22)33(18-10-19-35-33)23-16-17-26-27(21-23)31(38)25-14-9-8-13-24(25)30(26)37/h4,6-14,16-19,21,28-29H,2-3,5,15,20,34H2,1H3,(H,36,39)/t28-,29?,33?/m0/s1. The van der Waals surface area contributed by atoms with E-state index in [0.717, 1.165) is 30.4 Å². The smallest absolute Gasteiger partial charge is 0.237 e. The van der Waals surface area contributed by atoms with Crippen LogP contribution in [0.2, 0.25) is 0 Å². The third-order valence-corrected chi connectivity index (χ3v) is 7.69. The van der Waals surface area contributed by atoms with Gasteiger partial charge in [0.2, 0.25) is 5.91 Å². The third-order valence-electron chi connectivity index (χ3n) is 7.69. The van der Waals surface area contributed by atoms with Gasteiger partial charge in [-0.2, -0.15) is 0 Å². The van der Waals surface area contributed by atoms with Crippen LogP contribution >= 0.6 is 0 Å². The number of unbranched alkanes of at least 4 members (excludes halogenated alkanes) is 2. The summed E-state index contributed by atoms with van der Waals surface area (Å²) in [6.07, 6.45) is 9.62. The first-order valence-electron chi connectivity index (χ1n) is 13.6. The number of hydrogen-bond acceptors (Lipinski definition) is 5. The fourth-order valence-electron chi connectivity index (χ4n) is 5.57. The number of nitrogens with two attached hydrogens (primary N) is 1. The van der Waals surface area contributed by atoms with Crippen LogP contribution in [-0.2, 0) is 16.8 Å². The van der Waals surface area contributed by atoms with Crippen molar-refractivity contribution in [2.45, 2.75) is 56.7 Å². The SMILES string of the molecule is CCCCCC(NC(=O)[C@@H](N)Cc1ccccc1)C1(c2ccc3c(c2)C(=O)c2ccccc2C3=O)C=CC=N1. The van der Waals surface area contributed by atoms with Gasteiger partial charge >= 0.3 is 0 Å². The van der Waals surface area contributed by atoms with E-state index in [1.807, 2.05) is 48.6 Å². The van der Waals surface area contributed by atoms with Gasteiger partial charge in [-0.1, -0.05) is 86.8 Å². The summed E-state index contributed by atoms with van der Waals surface area (Å²) in [7, 11) is 0. The summed E-state index contributed by atoms with van der Waals surface area (Å²) >= 11 is 0. The van der Waals surface area contributed by atoms with Crippen LogP contribution in [0.3, 0.4) is 0 Å². The zero-order valence-electron chi connectivity index (χ0n) is 22.1. The molecule has 1 aliphatic heterocycles. The van der Waals surface area contributed by atoms with Gasteiger partial charge in [0.15, 0.2) is 11.6 Å². The Labute approximate surface area is 229 Å². The van der Waals surface area contributed by atoms with Crippen molar-refractivity contribution in [2.24, 2.45) is 10.7 Å². The van der Waals surface area contributed by atoms with E-state index in [1.54, 1.807) is 42.6 Å². The summed E-state index contributed by atoms with van der Waals surface area (Å²) in [6, 6.07) is 20.9. The maximum Gasteiger partial charge on any atom is 0.237 e. The molecule has 1 heterocycles. The number of hydrogen-bond donors (Lipinski definition) is 2. The van der Waals surface area contributed by atoms with Gasteiger partial charge in [0, 0.05) is 28.5 Å². The molecule has 0 radical (unpaired) electrons. The Morgan fingerprint density at radius 1 is 0.897 bits per heavy atom.